The van der Waals surface area contributed by atoms with E-state index in [1.165, 1.54) is 13.3 Å². The topological polar surface area (TPSA) is 146 Å². The molecular formula is C14H16N8O4. The van der Waals surface area contributed by atoms with E-state index in [0.717, 1.165) is 12.1 Å². The molecule has 0 spiro atoms. The summed E-state index contributed by atoms with van der Waals surface area (Å²) in [7, 11) is 1.23. The standard InChI is InChI=1S/C14H16N8O4/c1-3-20-6-9(4-15-20)7-21-8-10(5-16-21)17-13(23)11-12(22(24)25)14(26-2)19-18-11/h4-6,8H,3,7H2,1-2H3,(H,17,23)(H,18,19). The summed E-state index contributed by atoms with van der Waals surface area (Å²) in [5.74, 6) is -0.977. The highest BCUT2D eigenvalue weighted by Gasteiger charge is 2.30. The zero-order valence-electron chi connectivity index (χ0n) is 14.0. The first-order chi connectivity index (χ1) is 12.5. The quantitative estimate of drug-likeness (QED) is 0.473. The Morgan fingerprint density at radius 2 is 2.12 bits per heavy atom. The average Bonchev–Trinajstić information content (AvgIpc) is 3.34. The highest BCUT2D eigenvalue weighted by atomic mass is 16.6. The molecule has 1 amide bonds. The maximum atomic E-state index is 12.3. The third kappa shape index (κ3) is 3.38. The van der Waals surface area contributed by atoms with Crippen LogP contribution >= 0.6 is 0 Å². The molecule has 0 aromatic carbocycles. The van der Waals surface area contributed by atoms with Crippen molar-refractivity contribution in [2.24, 2.45) is 0 Å². The van der Waals surface area contributed by atoms with E-state index >= 15 is 0 Å². The Hall–Kier alpha value is -3.70. The fourth-order valence-electron chi connectivity index (χ4n) is 2.35. The molecule has 0 unspecified atom stereocenters. The fourth-order valence-corrected chi connectivity index (χ4v) is 2.35. The number of nitrogens with one attached hydrogen (secondary N) is 2. The van der Waals surface area contributed by atoms with Crippen molar-refractivity contribution < 1.29 is 14.5 Å². The van der Waals surface area contributed by atoms with Gasteiger partial charge in [0.05, 0.1) is 36.7 Å². The molecule has 3 heterocycles. The Kier molecular flexibility index (Phi) is 4.64. The molecule has 136 valence electrons. The fraction of sp³-hybridized carbons (Fsp3) is 0.286. The van der Waals surface area contributed by atoms with Crippen molar-refractivity contribution in [1.82, 2.24) is 29.8 Å². The Morgan fingerprint density at radius 3 is 2.77 bits per heavy atom. The van der Waals surface area contributed by atoms with E-state index in [0.29, 0.717) is 12.2 Å². The number of aryl methyl sites for hydroxylation is 1. The van der Waals surface area contributed by atoms with Gasteiger partial charge >= 0.3 is 11.6 Å². The van der Waals surface area contributed by atoms with Crippen LogP contribution in [0.25, 0.3) is 0 Å². The van der Waals surface area contributed by atoms with Gasteiger partial charge in [0.2, 0.25) is 5.69 Å². The van der Waals surface area contributed by atoms with Crippen LogP contribution in [0.1, 0.15) is 23.0 Å². The van der Waals surface area contributed by atoms with Crippen LogP contribution in [0.15, 0.2) is 24.8 Å². The zero-order valence-corrected chi connectivity index (χ0v) is 14.0. The molecule has 12 heteroatoms. The zero-order chi connectivity index (χ0) is 18.7. The van der Waals surface area contributed by atoms with Gasteiger partial charge in [-0.15, -0.1) is 5.10 Å². The molecule has 0 aliphatic carbocycles. The second-order valence-electron chi connectivity index (χ2n) is 5.30. The van der Waals surface area contributed by atoms with Gasteiger partial charge in [0.1, 0.15) is 0 Å². The first-order valence-electron chi connectivity index (χ1n) is 7.63. The number of amides is 1. The molecule has 0 aliphatic heterocycles. The van der Waals surface area contributed by atoms with Gasteiger partial charge in [-0.2, -0.15) is 10.2 Å². The Labute approximate surface area is 146 Å². The number of aromatic nitrogens is 6. The first kappa shape index (κ1) is 17.1. The number of anilines is 1. The van der Waals surface area contributed by atoms with Gasteiger partial charge in [0, 0.05) is 24.5 Å². The van der Waals surface area contributed by atoms with Crippen LogP contribution in [0.3, 0.4) is 0 Å². The third-order valence-corrected chi connectivity index (χ3v) is 3.56. The molecule has 2 N–H and O–H groups in total. The molecule has 0 saturated heterocycles. The number of nitrogens with zero attached hydrogens (tertiary/aromatic N) is 6. The number of hydrogen-bond donors (Lipinski definition) is 2. The predicted octanol–water partition coefficient (Wildman–Crippen LogP) is 1.04. The number of ether oxygens (including phenoxy) is 1. The Bertz CT molecular complexity index is 941. The lowest BCUT2D eigenvalue weighted by atomic mass is 10.3. The number of carbonyl (C=O) groups excluding carboxylic acids is 1. The highest BCUT2D eigenvalue weighted by molar-refractivity contribution is 6.06. The van der Waals surface area contributed by atoms with E-state index < -0.39 is 16.5 Å². The van der Waals surface area contributed by atoms with Crippen molar-refractivity contribution in [2.45, 2.75) is 20.0 Å². The molecule has 0 atom stereocenters. The molecule has 26 heavy (non-hydrogen) atoms. The summed E-state index contributed by atoms with van der Waals surface area (Å²) in [6, 6.07) is 0. The number of aromatic amines is 1. The van der Waals surface area contributed by atoms with Crippen LogP contribution in [0, 0.1) is 10.1 Å². The first-order valence-corrected chi connectivity index (χ1v) is 7.63. The minimum absolute atomic E-state index is 0.260. The monoisotopic (exact) mass is 360 g/mol. The second-order valence-corrected chi connectivity index (χ2v) is 5.30. The Balaban J connectivity index is 1.72. The summed E-state index contributed by atoms with van der Waals surface area (Å²) in [5, 5.41) is 27.9. The van der Waals surface area contributed by atoms with Crippen molar-refractivity contribution in [1.29, 1.82) is 0 Å². The lowest BCUT2D eigenvalue weighted by Gasteiger charge is -2.00. The van der Waals surface area contributed by atoms with E-state index in [4.69, 9.17) is 4.74 Å². The molecule has 3 rings (SSSR count). The molecule has 0 radical (unpaired) electrons. The summed E-state index contributed by atoms with van der Waals surface area (Å²) >= 11 is 0. The van der Waals surface area contributed by atoms with E-state index in [1.54, 1.807) is 21.8 Å². The number of carbonyl (C=O) groups is 1. The molecule has 3 aromatic heterocycles. The number of H-pyrrole nitrogens is 1. The SMILES string of the molecule is CCn1cc(Cn2cc(NC(=O)c3[nH]nc(OC)c3[N+](=O)[O-])cn2)cn1. The summed E-state index contributed by atoms with van der Waals surface area (Å²) < 4.78 is 8.20. The van der Waals surface area contributed by atoms with Crippen molar-refractivity contribution in [3.63, 3.8) is 0 Å². The molecule has 12 nitrogen and oxygen atoms in total. The van der Waals surface area contributed by atoms with Gasteiger partial charge in [-0.25, -0.2) is 0 Å². The van der Waals surface area contributed by atoms with Crippen molar-refractivity contribution in [3.8, 4) is 5.88 Å². The van der Waals surface area contributed by atoms with Crippen molar-refractivity contribution in [2.75, 3.05) is 12.4 Å². The van der Waals surface area contributed by atoms with E-state index in [9.17, 15) is 14.9 Å². The summed E-state index contributed by atoms with van der Waals surface area (Å²) in [4.78, 5) is 22.7. The normalized spacial score (nSPS) is 10.7. The lowest BCUT2D eigenvalue weighted by molar-refractivity contribution is -0.386. The van der Waals surface area contributed by atoms with Gasteiger partial charge < -0.3 is 10.1 Å². The average molecular weight is 360 g/mol. The van der Waals surface area contributed by atoms with E-state index in [1.807, 2.05) is 13.1 Å². The van der Waals surface area contributed by atoms with Gasteiger partial charge in [-0.05, 0) is 6.92 Å². The number of hydrogen-bond acceptors (Lipinski definition) is 7. The van der Waals surface area contributed by atoms with Crippen molar-refractivity contribution in [3.05, 3.63) is 46.2 Å². The van der Waals surface area contributed by atoms with E-state index in [-0.39, 0.29) is 11.6 Å². The van der Waals surface area contributed by atoms with Crippen LogP contribution in [-0.4, -0.2) is 47.7 Å². The van der Waals surface area contributed by atoms with Crippen LogP contribution < -0.4 is 10.1 Å². The van der Waals surface area contributed by atoms with Crippen LogP contribution in [0.2, 0.25) is 0 Å². The molecular weight excluding hydrogens is 344 g/mol. The molecule has 3 aromatic rings. The Morgan fingerprint density at radius 1 is 1.35 bits per heavy atom. The van der Waals surface area contributed by atoms with Crippen LogP contribution in [0.5, 0.6) is 5.88 Å². The highest BCUT2D eigenvalue weighted by Crippen LogP contribution is 2.28. The molecule has 0 aliphatic rings. The van der Waals surface area contributed by atoms with Crippen LogP contribution in [-0.2, 0) is 13.1 Å². The number of nitro groups is 1. The van der Waals surface area contributed by atoms with E-state index in [2.05, 4.69) is 25.7 Å². The largest absolute Gasteiger partial charge is 0.475 e. The smallest absolute Gasteiger partial charge is 0.362 e. The van der Waals surface area contributed by atoms with Crippen LogP contribution in [0.4, 0.5) is 11.4 Å². The minimum Gasteiger partial charge on any atom is -0.475 e. The maximum Gasteiger partial charge on any atom is 0.362 e. The van der Waals surface area contributed by atoms with Gasteiger partial charge in [-0.3, -0.25) is 29.4 Å². The molecule has 0 fully saturated rings. The maximum absolute atomic E-state index is 12.3. The van der Waals surface area contributed by atoms with Gasteiger partial charge in [0.15, 0.2) is 0 Å². The number of rotatable bonds is 7. The number of methoxy groups -OCH3 is 1. The van der Waals surface area contributed by atoms with Gasteiger partial charge in [0.25, 0.3) is 5.91 Å². The minimum atomic E-state index is -0.730. The summed E-state index contributed by atoms with van der Waals surface area (Å²) in [5.41, 5.74) is 0.524. The summed E-state index contributed by atoms with van der Waals surface area (Å²) in [6.45, 7) is 3.24. The lowest BCUT2D eigenvalue weighted by Crippen LogP contribution is -2.14. The van der Waals surface area contributed by atoms with Gasteiger partial charge in [-0.1, -0.05) is 0 Å². The summed E-state index contributed by atoms with van der Waals surface area (Å²) in [6.07, 6.45) is 6.70. The molecule has 0 bridgehead atoms. The van der Waals surface area contributed by atoms with Crippen molar-refractivity contribution >= 4 is 17.3 Å². The predicted molar refractivity (Wildman–Crippen MR) is 89.0 cm³/mol. The third-order valence-electron chi connectivity index (χ3n) is 3.56. The molecule has 0 saturated carbocycles. The second kappa shape index (κ2) is 7.04.